The minimum atomic E-state index is -3.82. The van der Waals surface area contributed by atoms with Crippen LogP contribution in [0.2, 0.25) is 0 Å². The van der Waals surface area contributed by atoms with E-state index in [4.69, 9.17) is 9.47 Å². The number of hydrogen-bond donors (Lipinski definition) is 1. The van der Waals surface area contributed by atoms with Gasteiger partial charge in [0, 0.05) is 37.8 Å². The van der Waals surface area contributed by atoms with Crippen molar-refractivity contribution in [3.63, 3.8) is 0 Å². The molecule has 1 aliphatic heterocycles. The summed E-state index contributed by atoms with van der Waals surface area (Å²) in [5, 5.41) is 8.51. The second-order valence-electron chi connectivity index (χ2n) is 7.73. The van der Waals surface area contributed by atoms with Gasteiger partial charge in [0.2, 0.25) is 0 Å². The molecule has 31 heavy (non-hydrogen) atoms. The lowest BCUT2D eigenvalue weighted by Gasteiger charge is -2.29. The number of hydrogen-bond acceptors (Lipinski definition) is 6. The maximum atomic E-state index is 13.3. The molecule has 1 aromatic heterocycles. The quantitative estimate of drug-likeness (QED) is 0.565. The number of aromatic carboxylic acids is 1. The largest absolute Gasteiger partial charge is 0.492 e. The highest BCUT2D eigenvalue weighted by molar-refractivity contribution is 9.10. The van der Waals surface area contributed by atoms with Crippen LogP contribution < -0.4 is 10.3 Å². The minimum Gasteiger partial charge on any atom is -0.492 e. The fraction of sp³-hybridized carbons (Fsp3) is 0.429. The highest BCUT2D eigenvalue weighted by Gasteiger charge is 2.41. The minimum absolute atomic E-state index is 0.0781. The average Bonchev–Trinajstić information content (AvgIpc) is 3.54. The molecule has 0 spiro atoms. The monoisotopic (exact) mass is 511 g/mol. The Balaban J connectivity index is 1.95. The lowest BCUT2D eigenvalue weighted by molar-refractivity contribution is 0.0694. The van der Waals surface area contributed by atoms with E-state index in [0.717, 1.165) is 12.8 Å². The number of pyridine rings is 1. The second-order valence-corrected chi connectivity index (χ2v) is 10.8. The molecule has 2 aromatic rings. The molecular formula is C21H22BrNO7S. The summed E-state index contributed by atoms with van der Waals surface area (Å²) in [5.41, 5.74) is 0.166. The highest BCUT2D eigenvalue weighted by atomic mass is 79.9. The second kappa shape index (κ2) is 8.07. The van der Waals surface area contributed by atoms with E-state index in [2.05, 4.69) is 15.9 Å². The number of aromatic nitrogens is 1. The summed E-state index contributed by atoms with van der Waals surface area (Å²) in [6, 6.07) is 4.20. The van der Waals surface area contributed by atoms with Crippen molar-refractivity contribution in [2.24, 2.45) is 0 Å². The Hall–Kier alpha value is -2.17. The molecule has 2 heterocycles. The van der Waals surface area contributed by atoms with E-state index < -0.39 is 32.2 Å². The van der Waals surface area contributed by atoms with E-state index in [1.807, 2.05) is 0 Å². The summed E-state index contributed by atoms with van der Waals surface area (Å²) in [6.07, 6.45) is 2.13. The number of nitrogens with zero attached hydrogens (tertiary/aromatic N) is 1. The van der Waals surface area contributed by atoms with E-state index in [1.165, 1.54) is 23.6 Å². The van der Waals surface area contributed by atoms with Gasteiger partial charge in [0.15, 0.2) is 9.84 Å². The third-order valence-corrected chi connectivity index (χ3v) is 8.41. The van der Waals surface area contributed by atoms with Crippen LogP contribution in [0.5, 0.6) is 5.75 Å². The number of halogens is 1. The van der Waals surface area contributed by atoms with Crippen LogP contribution in [0.1, 0.15) is 53.4 Å². The van der Waals surface area contributed by atoms with E-state index in [-0.39, 0.29) is 10.9 Å². The van der Waals surface area contributed by atoms with Gasteiger partial charge in [0.25, 0.3) is 5.56 Å². The Morgan fingerprint density at radius 3 is 2.58 bits per heavy atom. The summed E-state index contributed by atoms with van der Waals surface area (Å²) in [4.78, 5) is 24.7. The number of methoxy groups -OCH3 is 1. The van der Waals surface area contributed by atoms with Crippen LogP contribution in [0.15, 0.2) is 32.4 Å². The zero-order chi connectivity index (χ0) is 22.5. The standard InChI is InChI=1S/C21H22BrNO7S/c1-11-13-8-15(21(25)26)20(24)23(12-4-5-12)19(13)14-9-16(22)17(30-7-3-6-29-2)10-18(14)31(11,27)28/h8-12H,3-7H2,1-2H3,(H,25,26). The molecule has 166 valence electrons. The number of sulfone groups is 1. The Morgan fingerprint density at radius 1 is 1.26 bits per heavy atom. The Kier molecular flexibility index (Phi) is 5.74. The highest BCUT2D eigenvalue weighted by Crippen LogP contribution is 2.49. The maximum absolute atomic E-state index is 13.3. The van der Waals surface area contributed by atoms with Gasteiger partial charge in [-0.15, -0.1) is 0 Å². The molecule has 1 N–H and O–H groups in total. The normalized spacial score (nSPS) is 18.9. The molecule has 1 fully saturated rings. The van der Waals surface area contributed by atoms with Gasteiger partial charge in [-0.1, -0.05) is 0 Å². The van der Waals surface area contributed by atoms with Crippen molar-refractivity contribution in [3.8, 4) is 17.0 Å². The third kappa shape index (κ3) is 3.70. The first-order valence-electron chi connectivity index (χ1n) is 9.90. The third-order valence-electron chi connectivity index (χ3n) is 5.66. The summed E-state index contributed by atoms with van der Waals surface area (Å²) in [6.45, 7) is 2.39. The summed E-state index contributed by atoms with van der Waals surface area (Å²) >= 11 is 3.45. The Bertz CT molecular complexity index is 1230. The molecule has 1 aliphatic carbocycles. The van der Waals surface area contributed by atoms with E-state index >= 15 is 0 Å². The molecule has 10 heteroatoms. The number of carboxylic acids is 1. The maximum Gasteiger partial charge on any atom is 0.341 e. The van der Waals surface area contributed by atoms with Crippen molar-refractivity contribution in [3.05, 3.63) is 44.2 Å². The SMILES string of the molecule is COCCCOc1cc2c(cc1Br)-c1c(cc(C(=O)O)c(=O)n1C1CC1)C(C)S2(=O)=O. The van der Waals surface area contributed by atoms with Crippen molar-refractivity contribution in [1.82, 2.24) is 4.57 Å². The van der Waals surface area contributed by atoms with Gasteiger partial charge in [-0.25, -0.2) is 13.2 Å². The van der Waals surface area contributed by atoms with Gasteiger partial charge in [-0.3, -0.25) is 4.79 Å². The van der Waals surface area contributed by atoms with Crippen LogP contribution in [0.4, 0.5) is 0 Å². The molecule has 0 amide bonds. The number of carboxylic acid groups (broad SMARTS) is 1. The molecule has 1 aromatic carbocycles. The van der Waals surface area contributed by atoms with E-state index in [1.54, 1.807) is 13.2 Å². The molecule has 0 saturated heterocycles. The fourth-order valence-corrected chi connectivity index (χ4v) is 5.98. The fourth-order valence-electron chi connectivity index (χ4n) is 3.89. The molecule has 0 bridgehead atoms. The topological polar surface area (TPSA) is 112 Å². The van der Waals surface area contributed by atoms with Crippen molar-refractivity contribution < 1.29 is 27.8 Å². The van der Waals surface area contributed by atoms with E-state index in [9.17, 15) is 23.1 Å². The number of fused-ring (bicyclic) bond motifs is 3. The van der Waals surface area contributed by atoms with Crippen LogP contribution in [-0.2, 0) is 14.6 Å². The Labute approximate surface area is 187 Å². The van der Waals surface area contributed by atoms with E-state index in [0.29, 0.717) is 46.7 Å². The average molecular weight is 512 g/mol. The van der Waals surface area contributed by atoms with Crippen LogP contribution in [-0.4, -0.2) is 44.4 Å². The summed E-state index contributed by atoms with van der Waals surface area (Å²) in [7, 11) is -2.23. The first kappa shape index (κ1) is 22.0. The molecule has 1 saturated carbocycles. The molecule has 8 nitrogen and oxygen atoms in total. The number of ether oxygens (including phenoxy) is 2. The molecule has 1 unspecified atom stereocenters. The number of rotatable bonds is 7. The number of carbonyl (C=O) groups is 1. The predicted octanol–water partition coefficient (Wildman–Crippen LogP) is 3.57. The number of benzene rings is 1. The summed E-state index contributed by atoms with van der Waals surface area (Å²) < 4.78 is 39.5. The van der Waals surface area contributed by atoms with Crippen molar-refractivity contribution in [1.29, 1.82) is 0 Å². The van der Waals surface area contributed by atoms with Gasteiger partial charge in [-0.05, 0) is 53.4 Å². The van der Waals surface area contributed by atoms with Gasteiger partial charge >= 0.3 is 5.97 Å². The molecule has 2 aliphatic rings. The first-order valence-corrected chi connectivity index (χ1v) is 12.2. The summed E-state index contributed by atoms with van der Waals surface area (Å²) in [5.74, 6) is -0.977. The lowest BCUT2D eigenvalue weighted by atomic mass is 9.99. The van der Waals surface area contributed by atoms with Gasteiger partial charge < -0.3 is 19.1 Å². The van der Waals surface area contributed by atoms with Crippen molar-refractivity contribution >= 4 is 31.7 Å². The van der Waals surface area contributed by atoms with Crippen LogP contribution in [0.3, 0.4) is 0 Å². The van der Waals surface area contributed by atoms with Crippen LogP contribution >= 0.6 is 15.9 Å². The van der Waals surface area contributed by atoms with Gasteiger partial charge in [-0.2, -0.15) is 0 Å². The van der Waals surface area contributed by atoms with Crippen molar-refractivity contribution in [2.75, 3.05) is 20.3 Å². The first-order chi connectivity index (χ1) is 14.7. The zero-order valence-electron chi connectivity index (χ0n) is 17.1. The van der Waals surface area contributed by atoms with Crippen LogP contribution in [0.25, 0.3) is 11.3 Å². The predicted molar refractivity (Wildman–Crippen MR) is 117 cm³/mol. The molecular weight excluding hydrogens is 490 g/mol. The molecule has 4 rings (SSSR count). The van der Waals surface area contributed by atoms with Crippen LogP contribution in [0, 0.1) is 0 Å². The molecule has 1 atom stereocenters. The molecule has 0 radical (unpaired) electrons. The Morgan fingerprint density at radius 2 is 1.97 bits per heavy atom. The smallest absolute Gasteiger partial charge is 0.341 e. The van der Waals surface area contributed by atoms with Gasteiger partial charge in [0.1, 0.15) is 11.3 Å². The zero-order valence-corrected chi connectivity index (χ0v) is 19.5. The van der Waals surface area contributed by atoms with Gasteiger partial charge in [0.05, 0.1) is 26.9 Å². The lowest BCUT2D eigenvalue weighted by Crippen LogP contribution is -2.31. The van der Waals surface area contributed by atoms with Crippen molar-refractivity contribution in [2.45, 2.75) is 42.4 Å².